The fourth-order valence-corrected chi connectivity index (χ4v) is 1.88. The number of aromatic nitrogens is 3. The quantitative estimate of drug-likeness (QED) is 0.784. The highest BCUT2D eigenvalue weighted by molar-refractivity contribution is 4.98. The molecular weight excluding hydrogens is 178 g/mol. The normalized spacial score (nSPS) is 19.3. The second-order valence-electron chi connectivity index (χ2n) is 4.15. The molecule has 1 aromatic rings. The van der Waals surface area contributed by atoms with Crippen molar-refractivity contribution in [3.05, 3.63) is 12.2 Å². The first-order valence-electron chi connectivity index (χ1n) is 5.32. The maximum atomic E-state index is 9.99. The first-order chi connectivity index (χ1) is 6.73. The average molecular weight is 195 g/mol. The van der Waals surface area contributed by atoms with Crippen LogP contribution in [0, 0.1) is 0 Å². The molecule has 4 nitrogen and oxygen atoms in total. The first kappa shape index (κ1) is 9.65. The lowest BCUT2D eigenvalue weighted by atomic mass is 9.78. The Labute approximate surface area is 84.0 Å². The molecule has 0 saturated heterocycles. The summed E-state index contributed by atoms with van der Waals surface area (Å²) in [6.07, 6.45) is 6.24. The van der Waals surface area contributed by atoms with Gasteiger partial charge in [-0.1, -0.05) is 6.92 Å². The van der Waals surface area contributed by atoms with Crippen molar-refractivity contribution in [1.82, 2.24) is 14.8 Å². The molecule has 1 saturated carbocycles. The van der Waals surface area contributed by atoms with Crippen molar-refractivity contribution in [3.63, 3.8) is 0 Å². The van der Waals surface area contributed by atoms with Crippen molar-refractivity contribution in [1.29, 1.82) is 0 Å². The van der Waals surface area contributed by atoms with Gasteiger partial charge in [-0.05, 0) is 25.7 Å². The Morgan fingerprint density at radius 1 is 1.57 bits per heavy atom. The minimum absolute atomic E-state index is 0.488. The number of hydrogen-bond acceptors (Lipinski definition) is 3. The fourth-order valence-electron chi connectivity index (χ4n) is 1.88. The van der Waals surface area contributed by atoms with Crippen molar-refractivity contribution >= 4 is 0 Å². The Hall–Kier alpha value is -0.900. The van der Waals surface area contributed by atoms with Crippen molar-refractivity contribution in [2.75, 3.05) is 0 Å². The van der Waals surface area contributed by atoms with Crippen LogP contribution >= 0.6 is 0 Å². The fraction of sp³-hybridized carbons (Fsp3) is 0.800. The largest absolute Gasteiger partial charge is 0.389 e. The van der Waals surface area contributed by atoms with Gasteiger partial charge in [0.25, 0.3) is 0 Å². The molecule has 14 heavy (non-hydrogen) atoms. The van der Waals surface area contributed by atoms with Crippen LogP contribution in [0.3, 0.4) is 0 Å². The van der Waals surface area contributed by atoms with E-state index in [9.17, 15) is 5.11 Å². The molecule has 1 aliphatic rings. The molecule has 0 unspecified atom stereocenters. The zero-order chi connectivity index (χ0) is 10.0. The maximum Gasteiger partial charge on any atom is 0.138 e. The Balaban J connectivity index is 2.04. The van der Waals surface area contributed by atoms with Gasteiger partial charge in [0.05, 0.1) is 5.60 Å². The second kappa shape index (κ2) is 3.69. The van der Waals surface area contributed by atoms with Crippen molar-refractivity contribution in [2.24, 2.45) is 0 Å². The third-order valence-electron chi connectivity index (χ3n) is 2.90. The van der Waals surface area contributed by atoms with Crippen LogP contribution in [0.15, 0.2) is 6.33 Å². The molecule has 78 valence electrons. The standard InChI is InChI=1S/C10H17N3O/c1-2-6-13-9(11-8-12-13)7-10(14)4-3-5-10/h8,14H,2-7H2,1H3. The molecule has 4 heteroatoms. The van der Waals surface area contributed by atoms with E-state index in [0.717, 1.165) is 38.1 Å². The summed E-state index contributed by atoms with van der Waals surface area (Å²) >= 11 is 0. The number of aryl methyl sites for hydroxylation is 1. The van der Waals surface area contributed by atoms with E-state index in [0.29, 0.717) is 6.42 Å². The predicted molar refractivity (Wildman–Crippen MR) is 52.8 cm³/mol. The molecule has 1 aliphatic carbocycles. The molecule has 1 N–H and O–H groups in total. The van der Waals surface area contributed by atoms with Crippen LogP contribution in [-0.2, 0) is 13.0 Å². The van der Waals surface area contributed by atoms with E-state index in [1.165, 1.54) is 0 Å². The summed E-state index contributed by atoms with van der Waals surface area (Å²) in [7, 11) is 0. The molecule has 0 radical (unpaired) electrons. The summed E-state index contributed by atoms with van der Waals surface area (Å²) in [4.78, 5) is 4.19. The Morgan fingerprint density at radius 2 is 2.36 bits per heavy atom. The lowest BCUT2D eigenvalue weighted by Crippen LogP contribution is -2.39. The van der Waals surface area contributed by atoms with E-state index >= 15 is 0 Å². The van der Waals surface area contributed by atoms with E-state index in [2.05, 4.69) is 17.0 Å². The lowest BCUT2D eigenvalue weighted by Gasteiger charge is -2.36. The van der Waals surface area contributed by atoms with Gasteiger partial charge >= 0.3 is 0 Å². The van der Waals surface area contributed by atoms with Crippen LogP contribution in [-0.4, -0.2) is 25.5 Å². The minimum Gasteiger partial charge on any atom is -0.389 e. The summed E-state index contributed by atoms with van der Waals surface area (Å²) in [5.41, 5.74) is -0.488. The monoisotopic (exact) mass is 195 g/mol. The van der Waals surface area contributed by atoms with E-state index in [1.54, 1.807) is 6.33 Å². The van der Waals surface area contributed by atoms with Gasteiger partial charge in [-0.3, -0.25) is 4.68 Å². The zero-order valence-corrected chi connectivity index (χ0v) is 8.61. The van der Waals surface area contributed by atoms with Crippen LogP contribution in [0.4, 0.5) is 0 Å². The molecular formula is C10H17N3O. The van der Waals surface area contributed by atoms with Crippen molar-refractivity contribution in [2.45, 2.75) is 51.2 Å². The Kier molecular flexibility index (Phi) is 2.54. The van der Waals surface area contributed by atoms with Crippen molar-refractivity contribution < 1.29 is 5.11 Å². The first-order valence-corrected chi connectivity index (χ1v) is 5.32. The van der Waals surface area contributed by atoms with Gasteiger partial charge < -0.3 is 5.11 Å². The maximum absolute atomic E-state index is 9.99. The van der Waals surface area contributed by atoms with Gasteiger partial charge in [0.15, 0.2) is 0 Å². The SMILES string of the molecule is CCCn1ncnc1CC1(O)CCC1. The van der Waals surface area contributed by atoms with E-state index in [4.69, 9.17) is 0 Å². The zero-order valence-electron chi connectivity index (χ0n) is 8.61. The topological polar surface area (TPSA) is 50.9 Å². The van der Waals surface area contributed by atoms with Gasteiger partial charge in [-0.2, -0.15) is 5.10 Å². The number of aliphatic hydroxyl groups is 1. The molecule has 1 heterocycles. The van der Waals surface area contributed by atoms with Crippen LogP contribution in [0.5, 0.6) is 0 Å². The summed E-state index contributed by atoms with van der Waals surface area (Å²) in [5, 5.41) is 14.1. The van der Waals surface area contributed by atoms with Gasteiger partial charge in [0.1, 0.15) is 12.2 Å². The lowest BCUT2D eigenvalue weighted by molar-refractivity contribution is -0.0346. The average Bonchev–Trinajstić information content (AvgIpc) is 2.51. The molecule has 0 aliphatic heterocycles. The minimum atomic E-state index is -0.488. The van der Waals surface area contributed by atoms with Gasteiger partial charge in [-0.15, -0.1) is 0 Å². The second-order valence-corrected chi connectivity index (χ2v) is 4.15. The Bertz CT molecular complexity index is 304. The van der Waals surface area contributed by atoms with Gasteiger partial charge in [-0.25, -0.2) is 4.98 Å². The third-order valence-corrected chi connectivity index (χ3v) is 2.90. The smallest absolute Gasteiger partial charge is 0.138 e. The van der Waals surface area contributed by atoms with Crippen LogP contribution in [0.25, 0.3) is 0 Å². The molecule has 1 fully saturated rings. The van der Waals surface area contributed by atoms with Crippen LogP contribution in [0.1, 0.15) is 38.4 Å². The highest BCUT2D eigenvalue weighted by atomic mass is 16.3. The van der Waals surface area contributed by atoms with Crippen LogP contribution in [0.2, 0.25) is 0 Å². The molecule has 0 spiro atoms. The summed E-state index contributed by atoms with van der Waals surface area (Å²) < 4.78 is 1.90. The third kappa shape index (κ3) is 1.80. The van der Waals surface area contributed by atoms with E-state index in [1.807, 2.05) is 4.68 Å². The number of rotatable bonds is 4. The van der Waals surface area contributed by atoms with Crippen molar-refractivity contribution in [3.8, 4) is 0 Å². The molecule has 1 aromatic heterocycles. The van der Waals surface area contributed by atoms with Gasteiger partial charge in [0, 0.05) is 13.0 Å². The summed E-state index contributed by atoms with van der Waals surface area (Å²) in [5.74, 6) is 0.925. The van der Waals surface area contributed by atoms with E-state index < -0.39 is 5.60 Å². The summed E-state index contributed by atoms with van der Waals surface area (Å²) in [6.45, 7) is 3.01. The highest BCUT2D eigenvalue weighted by Gasteiger charge is 2.35. The molecule has 0 amide bonds. The Morgan fingerprint density at radius 3 is 2.93 bits per heavy atom. The number of hydrogen-bond donors (Lipinski definition) is 1. The van der Waals surface area contributed by atoms with Crippen LogP contribution < -0.4 is 0 Å². The molecule has 0 bridgehead atoms. The number of nitrogens with zero attached hydrogens (tertiary/aromatic N) is 3. The van der Waals surface area contributed by atoms with E-state index in [-0.39, 0.29) is 0 Å². The summed E-state index contributed by atoms with van der Waals surface area (Å²) in [6, 6.07) is 0. The molecule has 0 aromatic carbocycles. The van der Waals surface area contributed by atoms with Gasteiger partial charge in [0.2, 0.25) is 0 Å². The molecule has 0 atom stereocenters. The predicted octanol–water partition coefficient (Wildman–Crippen LogP) is 1.15. The molecule has 2 rings (SSSR count). The highest BCUT2D eigenvalue weighted by Crippen LogP contribution is 2.34.